The second-order valence-corrected chi connectivity index (χ2v) is 6.70. The van der Waals surface area contributed by atoms with Gasteiger partial charge in [-0.05, 0) is 37.3 Å². The topological polar surface area (TPSA) is 32.3 Å². The second kappa shape index (κ2) is 7.28. The fourth-order valence-corrected chi connectivity index (χ4v) is 2.81. The number of benzene rings is 1. The maximum atomic E-state index is 12.4. The number of halogens is 1. The summed E-state index contributed by atoms with van der Waals surface area (Å²) in [6, 6.07) is 8.31. The molecule has 0 aliphatic heterocycles. The van der Waals surface area contributed by atoms with Crippen molar-refractivity contribution in [1.29, 1.82) is 0 Å². The molecular formula is C17H25ClN2O. The number of hydrogen-bond acceptors (Lipinski definition) is 2. The molecule has 1 saturated carbocycles. The van der Waals surface area contributed by atoms with E-state index in [1.54, 1.807) is 0 Å². The predicted molar refractivity (Wildman–Crippen MR) is 87.4 cm³/mol. The van der Waals surface area contributed by atoms with Gasteiger partial charge in [-0.15, -0.1) is 0 Å². The Kier molecular flexibility index (Phi) is 5.65. The number of rotatable bonds is 7. The van der Waals surface area contributed by atoms with E-state index in [1.807, 2.05) is 36.1 Å². The number of hydrogen-bond donors (Lipinski definition) is 1. The lowest BCUT2D eigenvalue weighted by molar-refractivity contribution is -0.131. The van der Waals surface area contributed by atoms with Crippen LogP contribution in [0.2, 0.25) is 5.02 Å². The predicted octanol–water partition coefficient (Wildman–Crippen LogP) is 3.64. The zero-order valence-corrected chi connectivity index (χ0v) is 13.9. The molecule has 1 aliphatic rings. The highest BCUT2D eigenvalue weighted by Gasteiger charge is 2.32. The molecule has 1 aromatic carbocycles. The Morgan fingerprint density at radius 3 is 2.57 bits per heavy atom. The summed E-state index contributed by atoms with van der Waals surface area (Å²) in [7, 11) is 0. The zero-order valence-electron chi connectivity index (χ0n) is 13.1. The van der Waals surface area contributed by atoms with Crippen molar-refractivity contribution < 1.29 is 4.79 Å². The van der Waals surface area contributed by atoms with Crippen molar-refractivity contribution in [2.45, 2.75) is 45.7 Å². The van der Waals surface area contributed by atoms with Crippen LogP contribution in [0.1, 0.15) is 45.2 Å². The first-order valence-corrected chi connectivity index (χ1v) is 8.14. The molecule has 0 heterocycles. The third kappa shape index (κ3) is 4.72. The van der Waals surface area contributed by atoms with Crippen LogP contribution >= 0.6 is 11.6 Å². The maximum absolute atomic E-state index is 12.4. The molecule has 21 heavy (non-hydrogen) atoms. The van der Waals surface area contributed by atoms with E-state index in [4.69, 9.17) is 11.6 Å². The molecule has 0 aromatic heterocycles. The summed E-state index contributed by atoms with van der Waals surface area (Å²) in [5.41, 5.74) is 1.04. The standard InChI is InChI=1S/C17H25ClN2O/c1-12(2)11-20(14-8-9-14)17(21)10-19-13(3)15-6-4-5-7-16(15)18/h4-7,12-14,19H,8-11H2,1-3H3/t13-/m1/s1. The highest BCUT2D eigenvalue weighted by Crippen LogP contribution is 2.28. The fraction of sp³-hybridized carbons (Fsp3) is 0.588. The average molecular weight is 309 g/mol. The largest absolute Gasteiger partial charge is 0.338 e. The smallest absolute Gasteiger partial charge is 0.236 e. The van der Waals surface area contributed by atoms with Crippen molar-refractivity contribution in [3.05, 3.63) is 34.9 Å². The third-order valence-electron chi connectivity index (χ3n) is 3.80. The van der Waals surface area contributed by atoms with E-state index < -0.39 is 0 Å². The van der Waals surface area contributed by atoms with Gasteiger partial charge in [-0.3, -0.25) is 4.79 Å². The van der Waals surface area contributed by atoms with Crippen LogP contribution in [-0.2, 0) is 4.79 Å². The number of nitrogens with zero attached hydrogens (tertiary/aromatic N) is 1. The van der Waals surface area contributed by atoms with Gasteiger partial charge in [0.2, 0.25) is 5.91 Å². The lowest BCUT2D eigenvalue weighted by atomic mass is 10.1. The Balaban J connectivity index is 1.89. The highest BCUT2D eigenvalue weighted by atomic mass is 35.5. The van der Waals surface area contributed by atoms with Crippen LogP contribution in [0.5, 0.6) is 0 Å². The quantitative estimate of drug-likeness (QED) is 0.834. The van der Waals surface area contributed by atoms with Crippen molar-refractivity contribution >= 4 is 17.5 Å². The molecule has 1 atom stereocenters. The molecule has 1 N–H and O–H groups in total. The number of carbonyl (C=O) groups excluding carboxylic acids is 1. The van der Waals surface area contributed by atoms with E-state index in [9.17, 15) is 4.79 Å². The summed E-state index contributed by atoms with van der Waals surface area (Å²) >= 11 is 6.19. The molecule has 0 unspecified atom stereocenters. The van der Waals surface area contributed by atoms with Gasteiger partial charge >= 0.3 is 0 Å². The summed E-state index contributed by atoms with van der Waals surface area (Å²) in [6.07, 6.45) is 2.30. The summed E-state index contributed by atoms with van der Waals surface area (Å²) in [6.45, 7) is 7.57. The fourth-order valence-electron chi connectivity index (χ4n) is 2.51. The number of carbonyl (C=O) groups is 1. The van der Waals surface area contributed by atoms with Gasteiger partial charge in [-0.25, -0.2) is 0 Å². The van der Waals surface area contributed by atoms with Gasteiger partial charge in [0.15, 0.2) is 0 Å². The molecule has 116 valence electrons. The first-order chi connectivity index (χ1) is 9.99. The van der Waals surface area contributed by atoms with E-state index in [-0.39, 0.29) is 11.9 Å². The first kappa shape index (κ1) is 16.3. The van der Waals surface area contributed by atoms with Gasteiger partial charge in [-0.2, -0.15) is 0 Å². The second-order valence-electron chi connectivity index (χ2n) is 6.30. The van der Waals surface area contributed by atoms with Crippen LogP contribution in [0.25, 0.3) is 0 Å². The molecule has 0 bridgehead atoms. The molecule has 2 rings (SSSR count). The lowest BCUT2D eigenvalue weighted by Gasteiger charge is -2.25. The Labute approximate surface area is 132 Å². The molecule has 4 heteroatoms. The third-order valence-corrected chi connectivity index (χ3v) is 4.15. The van der Waals surface area contributed by atoms with Crippen molar-refractivity contribution in [2.75, 3.05) is 13.1 Å². The van der Waals surface area contributed by atoms with Crippen LogP contribution in [0.15, 0.2) is 24.3 Å². The molecule has 3 nitrogen and oxygen atoms in total. The molecule has 0 spiro atoms. The van der Waals surface area contributed by atoms with Gasteiger partial charge in [0.05, 0.1) is 6.54 Å². The molecule has 1 aliphatic carbocycles. The van der Waals surface area contributed by atoms with Gasteiger partial charge in [0, 0.05) is 23.7 Å². The average Bonchev–Trinajstić information content (AvgIpc) is 3.26. The summed E-state index contributed by atoms with van der Waals surface area (Å²) in [5, 5.41) is 4.04. The lowest BCUT2D eigenvalue weighted by Crippen LogP contribution is -2.42. The van der Waals surface area contributed by atoms with Gasteiger partial charge in [0.25, 0.3) is 0 Å². The maximum Gasteiger partial charge on any atom is 0.236 e. The number of nitrogens with one attached hydrogen (secondary N) is 1. The van der Waals surface area contributed by atoms with Gasteiger partial charge in [-0.1, -0.05) is 43.6 Å². The molecule has 0 radical (unpaired) electrons. The molecule has 1 amide bonds. The van der Waals surface area contributed by atoms with E-state index >= 15 is 0 Å². The Hall–Kier alpha value is -1.06. The van der Waals surface area contributed by atoms with Crippen LogP contribution in [0.3, 0.4) is 0 Å². The van der Waals surface area contributed by atoms with Crippen molar-refractivity contribution in [2.24, 2.45) is 5.92 Å². The number of amides is 1. The SMILES string of the molecule is CC(C)CN(C(=O)CN[C@H](C)c1ccccc1Cl)C1CC1. The summed E-state index contributed by atoms with van der Waals surface area (Å²) in [5.74, 6) is 0.709. The van der Waals surface area contributed by atoms with E-state index in [0.29, 0.717) is 18.5 Å². The zero-order chi connectivity index (χ0) is 15.4. The minimum Gasteiger partial charge on any atom is -0.338 e. The highest BCUT2D eigenvalue weighted by molar-refractivity contribution is 6.31. The van der Waals surface area contributed by atoms with Gasteiger partial charge in [0.1, 0.15) is 0 Å². The van der Waals surface area contributed by atoms with Crippen molar-refractivity contribution in [3.63, 3.8) is 0 Å². The van der Waals surface area contributed by atoms with Crippen LogP contribution in [0.4, 0.5) is 0 Å². The van der Waals surface area contributed by atoms with E-state index in [1.165, 1.54) is 0 Å². The summed E-state index contributed by atoms with van der Waals surface area (Å²) in [4.78, 5) is 14.4. The summed E-state index contributed by atoms with van der Waals surface area (Å²) < 4.78 is 0. The minimum atomic E-state index is 0.0720. The van der Waals surface area contributed by atoms with E-state index in [0.717, 1.165) is 30.0 Å². The Morgan fingerprint density at radius 1 is 1.33 bits per heavy atom. The van der Waals surface area contributed by atoms with Crippen molar-refractivity contribution in [3.8, 4) is 0 Å². The van der Waals surface area contributed by atoms with Crippen LogP contribution in [0, 0.1) is 5.92 Å². The Bertz CT molecular complexity index is 485. The minimum absolute atomic E-state index is 0.0720. The Morgan fingerprint density at radius 2 is 2.00 bits per heavy atom. The van der Waals surface area contributed by atoms with Gasteiger partial charge < -0.3 is 10.2 Å². The monoisotopic (exact) mass is 308 g/mol. The van der Waals surface area contributed by atoms with Crippen LogP contribution in [-0.4, -0.2) is 29.9 Å². The first-order valence-electron chi connectivity index (χ1n) is 7.76. The van der Waals surface area contributed by atoms with Crippen LogP contribution < -0.4 is 5.32 Å². The molecule has 1 fully saturated rings. The van der Waals surface area contributed by atoms with Crippen molar-refractivity contribution in [1.82, 2.24) is 10.2 Å². The normalized spacial score (nSPS) is 16.0. The molecular weight excluding hydrogens is 284 g/mol. The van der Waals surface area contributed by atoms with E-state index in [2.05, 4.69) is 19.2 Å². The molecule has 1 aromatic rings. The molecule has 0 saturated heterocycles.